The number of fused-ring (bicyclic) bond motifs is 7. The Labute approximate surface area is 157 Å². The van der Waals surface area contributed by atoms with Crippen LogP contribution in [0.5, 0.6) is 0 Å². The van der Waals surface area contributed by atoms with E-state index in [0.717, 1.165) is 41.0 Å². The molecule has 3 heterocycles. The topological polar surface area (TPSA) is 34.9 Å². The quantitative estimate of drug-likeness (QED) is 0.500. The third-order valence-electron chi connectivity index (χ3n) is 6.77. The van der Waals surface area contributed by atoms with Gasteiger partial charge in [0.25, 0.3) is 5.56 Å². The number of benzene rings is 1. The van der Waals surface area contributed by atoms with E-state index in [2.05, 4.69) is 48.5 Å². The molecule has 2 aromatic heterocycles. The lowest BCUT2D eigenvalue weighted by molar-refractivity contribution is 0.184. The van der Waals surface area contributed by atoms with Gasteiger partial charge in [-0.25, -0.2) is 0 Å². The Morgan fingerprint density at radius 3 is 2.92 bits per heavy atom. The van der Waals surface area contributed by atoms with Crippen molar-refractivity contribution in [3.05, 3.63) is 50.6 Å². The molecule has 26 heavy (non-hydrogen) atoms. The second-order valence-electron chi connectivity index (χ2n) is 8.45. The summed E-state index contributed by atoms with van der Waals surface area (Å²) in [6.07, 6.45) is 4.51. The van der Waals surface area contributed by atoms with Gasteiger partial charge in [0.1, 0.15) is 10.7 Å². The first-order valence-electron chi connectivity index (χ1n) is 9.63. The Kier molecular flexibility index (Phi) is 3.45. The molecule has 134 valence electrons. The van der Waals surface area contributed by atoms with E-state index in [1.165, 1.54) is 28.8 Å². The van der Waals surface area contributed by atoms with Gasteiger partial charge in [-0.1, -0.05) is 51.5 Å². The molecular formula is C22H24N2OS. The molecule has 0 radical (unpaired) electrons. The number of aryl methyl sites for hydroxylation is 1. The SMILES string of the molecule is CCC(C)(C)[C@@H]1CCc2c(sc3c2c(=O)nc2n3Cc3ccccc3-2)C1. The van der Waals surface area contributed by atoms with Crippen molar-refractivity contribution < 1.29 is 0 Å². The molecule has 2 aliphatic rings. The van der Waals surface area contributed by atoms with Crippen LogP contribution >= 0.6 is 11.3 Å². The van der Waals surface area contributed by atoms with Crippen molar-refractivity contribution in [1.29, 1.82) is 0 Å². The highest BCUT2D eigenvalue weighted by molar-refractivity contribution is 7.18. The van der Waals surface area contributed by atoms with Crippen molar-refractivity contribution in [2.75, 3.05) is 0 Å². The van der Waals surface area contributed by atoms with E-state index < -0.39 is 0 Å². The third kappa shape index (κ3) is 2.18. The maximum atomic E-state index is 12.9. The van der Waals surface area contributed by atoms with Crippen LogP contribution in [0, 0.1) is 11.3 Å². The maximum absolute atomic E-state index is 12.9. The Bertz CT molecular complexity index is 1090. The molecular weight excluding hydrogens is 340 g/mol. The van der Waals surface area contributed by atoms with Crippen molar-refractivity contribution in [3.8, 4) is 11.4 Å². The number of rotatable bonds is 2. The van der Waals surface area contributed by atoms with Crippen molar-refractivity contribution >= 4 is 21.6 Å². The Hall–Kier alpha value is -1.94. The molecule has 0 fully saturated rings. The summed E-state index contributed by atoms with van der Waals surface area (Å²) >= 11 is 1.84. The van der Waals surface area contributed by atoms with Crippen LogP contribution in [0.4, 0.5) is 0 Å². The van der Waals surface area contributed by atoms with Crippen LogP contribution in [-0.4, -0.2) is 9.55 Å². The number of aromatic nitrogens is 2. The highest BCUT2D eigenvalue weighted by Gasteiger charge is 2.34. The van der Waals surface area contributed by atoms with Crippen molar-refractivity contribution in [3.63, 3.8) is 0 Å². The average Bonchev–Trinajstić information content (AvgIpc) is 3.20. The second kappa shape index (κ2) is 5.53. The summed E-state index contributed by atoms with van der Waals surface area (Å²) in [6.45, 7) is 7.90. The van der Waals surface area contributed by atoms with Crippen molar-refractivity contribution in [2.45, 2.75) is 53.0 Å². The van der Waals surface area contributed by atoms with Gasteiger partial charge in [0, 0.05) is 10.4 Å². The van der Waals surface area contributed by atoms with Gasteiger partial charge < -0.3 is 4.57 Å². The van der Waals surface area contributed by atoms with Gasteiger partial charge in [-0.2, -0.15) is 4.98 Å². The normalized spacial score (nSPS) is 18.7. The summed E-state index contributed by atoms with van der Waals surface area (Å²) in [4.78, 5) is 20.0. The van der Waals surface area contributed by atoms with Crippen LogP contribution in [-0.2, 0) is 19.4 Å². The molecule has 1 aliphatic heterocycles. The van der Waals surface area contributed by atoms with E-state index in [-0.39, 0.29) is 5.56 Å². The summed E-state index contributed by atoms with van der Waals surface area (Å²) in [7, 11) is 0. The smallest absolute Gasteiger partial charge is 0.282 e. The molecule has 3 nitrogen and oxygen atoms in total. The Balaban J connectivity index is 1.68. The molecule has 0 spiro atoms. The molecule has 5 rings (SSSR count). The zero-order chi connectivity index (χ0) is 18.1. The summed E-state index contributed by atoms with van der Waals surface area (Å²) in [6, 6.07) is 8.33. The molecule has 3 aromatic rings. The van der Waals surface area contributed by atoms with E-state index in [1.807, 2.05) is 17.4 Å². The molecule has 0 amide bonds. The van der Waals surface area contributed by atoms with Crippen molar-refractivity contribution in [2.24, 2.45) is 11.3 Å². The van der Waals surface area contributed by atoms with E-state index in [4.69, 9.17) is 0 Å². The van der Waals surface area contributed by atoms with E-state index >= 15 is 0 Å². The molecule has 1 aromatic carbocycles. The molecule has 4 heteroatoms. The number of hydrogen-bond donors (Lipinski definition) is 0. The van der Waals surface area contributed by atoms with Crippen LogP contribution in [0.3, 0.4) is 0 Å². The van der Waals surface area contributed by atoms with Crippen LogP contribution in [0.25, 0.3) is 21.6 Å². The monoisotopic (exact) mass is 364 g/mol. The van der Waals surface area contributed by atoms with Crippen LogP contribution in [0.2, 0.25) is 0 Å². The molecule has 1 aliphatic carbocycles. The van der Waals surface area contributed by atoms with Gasteiger partial charge in [-0.05, 0) is 41.7 Å². The third-order valence-corrected chi connectivity index (χ3v) is 8.05. The van der Waals surface area contributed by atoms with E-state index in [1.54, 1.807) is 0 Å². The van der Waals surface area contributed by atoms with E-state index in [0.29, 0.717) is 11.3 Å². The van der Waals surface area contributed by atoms with Crippen molar-refractivity contribution in [1.82, 2.24) is 9.55 Å². The molecule has 0 N–H and O–H groups in total. The minimum absolute atomic E-state index is 0.0337. The minimum Gasteiger partial charge on any atom is -0.312 e. The Morgan fingerprint density at radius 2 is 2.12 bits per heavy atom. The summed E-state index contributed by atoms with van der Waals surface area (Å²) in [5, 5.41) is 0.898. The fourth-order valence-electron chi connectivity index (χ4n) is 4.65. The second-order valence-corrected chi connectivity index (χ2v) is 9.53. The predicted octanol–water partition coefficient (Wildman–Crippen LogP) is 5.03. The fraction of sp³-hybridized carbons (Fsp3) is 0.455. The van der Waals surface area contributed by atoms with Gasteiger partial charge in [-0.3, -0.25) is 4.79 Å². The minimum atomic E-state index is -0.0337. The standard InChI is InChI=1S/C22H24N2OS/c1-4-22(2,3)14-9-10-16-17(11-14)26-21-18(16)20(25)23-19-15-8-6-5-7-13(15)12-24(19)21/h5-8,14H,4,9-12H2,1-3H3/t14-/m1/s1. The first-order valence-corrected chi connectivity index (χ1v) is 10.4. The predicted molar refractivity (Wildman–Crippen MR) is 108 cm³/mol. The highest BCUT2D eigenvalue weighted by Crippen LogP contribution is 2.45. The first-order chi connectivity index (χ1) is 12.5. The van der Waals surface area contributed by atoms with Gasteiger partial charge in [0.15, 0.2) is 0 Å². The maximum Gasteiger partial charge on any atom is 0.282 e. The van der Waals surface area contributed by atoms with Gasteiger partial charge in [0.2, 0.25) is 0 Å². The summed E-state index contributed by atoms with van der Waals surface area (Å²) in [5.41, 5.74) is 3.99. The number of nitrogens with zero attached hydrogens (tertiary/aromatic N) is 2. The van der Waals surface area contributed by atoms with Crippen LogP contribution in [0.1, 0.15) is 49.6 Å². The van der Waals surface area contributed by atoms with E-state index in [9.17, 15) is 4.79 Å². The van der Waals surface area contributed by atoms with Gasteiger partial charge in [0.05, 0.1) is 11.9 Å². The molecule has 0 bridgehead atoms. The fourth-order valence-corrected chi connectivity index (χ4v) is 6.06. The lowest BCUT2D eigenvalue weighted by Gasteiger charge is -2.36. The molecule has 0 saturated carbocycles. The summed E-state index contributed by atoms with van der Waals surface area (Å²) < 4.78 is 2.27. The Morgan fingerprint density at radius 1 is 1.31 bits per heavy atom. The van der Waals surface area contributed by atoms with Crippen LogP contribution < -0.4 is 5.56 Å². The number of hydrogen-bond acceptors (Lipinski definition) is 3. The largest absolute Gasteiger partial charge is 0.312 e. The van der Waals surface area contributed by atoms with Gasteiger partial charge >= 0.3 is 0 Å². The highest BCUT2D eigenvalue weighted by atomic mass is 32.1. The zero-order valence-corrected chi connectivity index (χ0v) is 16.4. The average molecular weight is 365 g/mol. The molecule has 0 saturated heterocycles. The van der Waals surface area contributed by atoms with Crippen LogP contribution in [0.15, 0.2) is 29.1 Å². The molecule has 1 atom stereocenters. The zero-order valence-electron chi connectivity index (χ0n) is 15.6. The summed E-state index contributed by atoms with van der Waals surface area (Å²) in [5.74, 6) is 1.55. The lowest BCUT2D eigenvalue weighted by atomic mass is 9.70. The number of thiophene rings is 1. The lowest BCUT2D eigenvalue weighted by Crippen LogP contribution is -2.28. The first kappa shape index (κ1) is 16.2. The van der Waals surface area contributed by atoms with Gasteiger partial charge in [-0.15, -0.1) is 11.3 Å². The molecule has 0 unspecified atom stereocenters.